The SMILES string of the molecule is CCC1CSC(Nc2ccc(F)c(C)c2)=N1. The van der Waals surface area contributed by atoms with Crippen LogP contribution in [0.5, 0.6) is 0 Å². The molecule has 1 aromatic carbocycles. The molecule has 0 aromatic heterocycles. The fourth-order valence-corrected chi connectivity index (χ4v) is 2.61. The topological polar surface area (TPSA) is 24.4 Å². The molecule has 1 aliphatic rings. The van der Waals surface area contributed by atoms with Gasteiger partial charge in [-0.2, -0.15) is 0 Å². The third-order valence-corrected chi connectivity index (χ3v) is 3.63. The normalized spacial score (nSPS) is 19.7. The summed E-state index contributed by atoms with van der Waals surface area (Å²) in [5.41, 5.74) is 1.56. The summed E-state index contributed by atoms with van der Waals surface area (Å²) in [6.45, 7) is 3.90. The van der Waals surface area contributed by atoms with Crippen molar-refractivity contribution in [2.45, 2.75) is 26.3 Å². The van der Waals surface area contributed by atoms with Gasteiger partial charge in [-0.05, 0) is 37.1 Å². The summed E-state index contributed by atoms with van der Waals surface area (Å²) in [7, 11) is 0. The molecule has 0 amide bonds. The maximum absolute atomic E-state index is 13.1. The molecule has 1 aliphatic heterocycles. The number of halogens is 1. The molecule has 16 heavy (non-hydrogen) atoms. The first-order valence-electron chi connectivity index (χ1n) is 5.43. The van der Waals surface area contributed by atoms with Crippen molar-refractivity contribution in [2.24, 2.45) is 4.99 Å². The van der Waals surface area contributed by atoms with Crippen LogP contribution in [0.2, 0.25) is 0 Å². The van der Waals surface area contributed by atoms with Crippen LogP contribution in [0.1, 0.15) is 18.9 Å². The van der Waals surface area contributed by atoms with Crippen molar-refractivity contribution in [1.29, 1.82) is 0 Å². The summed E-state index contributed by atoms with van der Waals surface area (Å²) in [5.74, 6) is 0.872. The number of aryl methyl sites for hydroxylation is 1. The summed E-state index contributed by atoms with van der Waals surface area (Å²) < 4.78 is 13.1. The van der Waals surface area contributed by atoms with Gasteiger partial charge >= 0.3 is 0 Å². The molecule has 0 saturated heterocycles. The molecule has 2 rings (SSSR count). The van der Waals surface area contributed by atoms with E-state index in [-0.39, 0.29) is 5.82 Å². The van der Waals surface area contributed by atoms with Gasteiger partial charge in [-0.3, -0.25) is 4.99 Å². The van der Waals surface area contributed by atoms with Crippen LogP contribution < -0.4 is 5.32 Å². The molecule has 0 bridgehead atoms. The van der Waals surface area contributed by atoms with Crippen molar-refractivity contribution in [3.63, 3.8) is 0 Å². The summed E-state index contributed by atoms with van der Waals surface area (Å²) in [5, 5.41) is 4.16. The second kappa shape index (κ2) is 4.87. The molecule has 1 aromatic rings. The quantitative estimate of drug-likeness (QED) is 0.853. The van der Waals surface area contributed by atoms with Gasteiger partial charge in [0.05, 0.1) is 6.04 Å². The van der Waals surface area contributed by atoms with E-state index in [1.54, 1.807) is 30.8 Å². The average molecular weight is 238 g/mol. The van der Waals surface area contributed by atoms with Crippen LogP contribution in [0.25, 0.3) is 0 Å². The predicted octanol–water partition coefficient (Wildman–Crippen LogP) is 3.43. The van der Waals surface area contributed by atoms with E-state index < -0.39 is 0 Å². The van der Waals surface area contributed by atoms with E-state index in [1.807, 2.05) is 0 Å². The molecule has 86 valence electrons. The van der Waals surface area contributed by atoms with Gasteiger partial charge in [-0.15, -0.1) is 0 Å². The molecular formula is C12H15FN2S. The van der Waals surface area contributed by atoms with Crippen molar-refractivity contribution in [1.82, 2.24) is 0 Å². The zero-order valence-electron chi connectivity index (χ0n) is 9.46. The number of nitrogens with one attached hydrogen (secondary N) is 1. The molecule has 1 unspecified atom stereocenters. The van der Waals surface area contributed by atoms with Crippen molar-refractivity contribution in [3.05, 3.63) is 29.6 Å². The van der Waals surface area contributed by atoms with Gasteiger partial charge in [0.25, 0.3) is 0 Å². The number of hydrogen-bond acceptors (Lipinski definition) is 3. The minimum absolute atomic E-state index is 0.169. The van der Waals surface area contributed by atoms with Crippen LogP contribution >= 0.6 is 11.8 Å². The number of rotatable bonds is 2. The predicted molar refractivity (Wildman–Crippen MR) is 68.7 cm³/mol. The van der Waals surface area contributed by atoms with E-state index in [9.17, 15) is 4.39 Å². The highest BCUT2D eigenvalue weighted by molar-refractivity contribution is 8.14. The summed E-state index contributed by atoms with van der Waals surface area (Å²) in [6, 6.07) is 5.45. The van der Waals surface area contributed by atoms with Crippen molar-refractivity contribution in [3.8, 4) is 0 Å². The Labute approximate surface area is 99.3 Å². The number of thioether (sulfide) groups is 1. The van der Waals surface area contributed by atoms with E-state index in [0.717, 1.165) is 23.0 Å². The van der Waals surface area contributed by atoms with E-state index in [4.69, 9.17) is 0 Å². The Morgan fingerprint density at radius 2 is 2.38 bits per heavy atom. The Morgan fingerprint density at radius 3 is 3.00 bits per heavy atom. The first-order chi connectivity index (χ1) is 7.69. The number of nitrogens with zero attached hydrogens (tertiary/aromatic N) is 1. The van der Waals surface area contributed by atoms with Gasteiger partial charge in [-0.25, -0.2) is 4.39 Å². The minimum Gasteiger partial charge on any atom is -0.335 e. The maximum Gasteiger partial charge on any atom is 0.161 e. The van der Waals surface area contributed by atoms with E-state index in [0.29, 0.717) is 11.6 Å². The molecule has 1 N–H and O–H groups in total. The molecule has 0 aliphatic carbocycles. The van der Waals surface area contributed by atoms with Crippen LogP contribution in [0.4, 0.5) is 10.1 Å². The van der Waals surface area contributed by atoms with Crippen LogP contribution in [0.15, 0.2) is 23.2 Å². The largest absolute Gasteiger partial charge is 0.335 e. The monoisotopic (exact) mass is 238 g/mol. The Kier molecular flexibility index (Phi) is 3.49. The Bertz CT molecular complexity index is 417. The third kappa shape index (κ3) is 2.55. The standard InChI is InChI=1S/C12H15FN2S/c1-3-9-7-16-12(14-9)15-10-4-5-11(13)8(2)6-10/h4-6,9H,3,7H2,1-2H3,(H,14,15). The fraction of sp³-hybridized carbons (Fsp3) is 0.417. The molecule has 0 saturated carbocycles. The number of aliphatic imine (C=N–C) groups is 1. The molecule has 2 nitrogen and oxygen atoms in total. The molecule has 1 heterocycles. The zero-order valence-corrected chi connectivity index (χ0v) is 10.3. The van der Waals surface area contributed by atoms with Crippen LogP contribution in [-0.2, 0) is 0 Å². The van der Waals surface area contributed by atoms with Gasteiger partial charge < -0.3 is 5.32 Å². The Hall–Kier alpha value is -1.03. The van der Waals surface area contributed by atoms with Crippen LogP contribution in [0.3, 0.4) is 0 Å². The second-order valence-corrected chi connectivity index (χ2v) is 4.90. The lowest BCUT2D eigenvalue weighted by Crippen LogP contribution is -2.05. The average Bonchev–Trinajstić information content (AvgIpc) is 2.71. The van der Waals surface area contributed by atoms with E-state index in [1.165, 1.54) is 6.07 Å². The smallest absolute Gasteiger partial charge is 0.161 e. The lowest BCUT2D eigenvalue weighted by atomic mass is 10.2. The molecule has 0 fully saturated rings. The third-order valence-electron chi connectivity index (χ3n) is 2.59. The first kappa shape index (κ1) is 11.5. The number of amidine groups is 1. The second-order valence-electron chi connectivity index (χ2n) is 3.90. The molecule has 1 atom stereocenters. The highest BCUT2D eigenvalue weighted by atomic mass is 32.2. The van der Waals surface area contributed by atoms with Gasteiger partial charge in [0, 0.05) is 11.4 Å². The summed E-state index contributed by atoms with van der Waals surface area (Å²) in [6.07, 6.45) is 1.07. The van der Waals surface area contributed by atoms with E-state index >= 15 is 0 Å². The Balaban J connectivity index is 2.07. The van der Waals surface area contributed by atoms with Gasteiger partial charge in [0.15, 0.2) is 5.17 Å². The van der Waals surface area contributed by atoms with Crippen LogP contribution in [-0.4, -0.2) is 17.0 Å². The fourth-order valence-electron chi connectivity index (χ4n) is 1.54. The minimum atomic E-state index is -0.169. The number of hydrogen-bond donors (Lipinski definition) is 1. The molecule has 4 heteroatoms. The van der Waals surface area contributed by atoms with E-state index in [2.05, 4.69) is 17.2 Å². The summed E-state index contributed by atoms with van der Waals surface area (Å²) in [4.78, 5) is 4.53. The van der Waals surface area contributed by atoms with Gasteiger partial charge in [0.1, 0.15) is 5.82 Å². The van der Waals surface area contributed by atoms with Gasteiger partial charge in [-0.1, -0.05) is 18.7 Å². The first-order valence-corrected chi connectivity index (χ1v) is 6.41. The van der Waals surface area contributed by atoms with Crippen molar-refractivity contribution >= 4 is 22.6 Å². The summed E-state index contributed by atoms with van der Waals surface area (Å²) >= 11 is 1.73. The van der Waals surface area contributed by atoms with Crippen LogP contribution in [0, 0.1) is 12.7 Å². The lowest BCUT2D eigenvalue weighted by Gasteiger charge is -2.06. The number of anilines is 1. The molecular weight excluding hydrogens is 223 g/mol. The van der Waals surface area contributed by atoms with Crippen molar-refractivity contribution < 1.29 is 4.39 Å². The maximum atomic E-state index is 13.1. The number of benzene rings is 1. The lowest BCUT2D eigenvalue weighted by molar-refractivity contribution is 0.619. The Morgan fingerprint density at radius 1 is 1.56 bits per heavy atom. The molecule has 0 spiro atoms. The van der Waals surface area contributed by atoms with Gasteiger partial charge in [0.2, 0.25) is 0 Å². The van der Waals surface area contributed by atoms with Crippen molar-refractivity contribution in [2.75, 3.05) is 11.1 Å². The molecule has 0 radical (unpaired) electrons. The highest BCUT2D eigenvalue weighted by Crippen LogP contribution is 2.22. The highest BCUT2D eigenvalue weighted by Gasteiger charge is 2.16. The zero-order chi connectivity index (χ0) is 11.5.